The lowest BCUT2D eigenvalue weighted by molar-refractivity contribution is 0.0973. The van der Waals surface area contributed by atoms with Gasteiger partial charge < -0.3 is 4.74 Å². The third-order valence-electron chi connectivity index (χ3n) is 3.54. The molecule has 0 unspecified atom stereocenters. The fourth-order valence-corrected chi connectivity index (χ4v) is 4.57. The van der Waals surface area contributed by atoms with Crippen LogP contribution in [0, 0.1) is 0 Å². The van der Waals surface area contributed by atoms with E-state index in [2.05, 4.69) is 10.3 Å². The number of rotatable bonds is 5. The number of ether oxygens (including phenoxy) is 1. The molecule has 3 aromatic rings. The lowest BCUT2D eigenvalue weighted by atomic mass is 10.3. The topological polar surface area (TPSA) is 103 Å². The number of nitrogens with zero attached hydrogens (tertiary/aromatic N) is 3. The number of amides is 1. The lowest BCUT2D eigenvalue weighted by Crippen LogP contribution is -2.31. The summed E-state index contributed by atoms with van der Waals surface area (Å²) < 4.78 is 33.3. The molecule has 1 N–H and O–H groups in total. The van der Waals surface area contributed by atoms with Crippen molar-refractivity contribution < 1.29 is 17.9 Å². The van der Waals surface area contributed by atoms with Crippen molar-refractivity contribution in [1.29, 1.82) is 0 Å². The Balaban J connectivity index is 1.98. The van der Waals surface area contributed by atoms with E-state index < -0.39 is 15.9 Å². The Morgan fingerprint density at radius 3 is 2.31 bits per heavy atom. The van der Waals surface area contributed by atoms with Gasteiger partial charge in [0.25, 0.3) is 21.8 Å². The molecular weight excluding hydrogens is 486 g/mol. The van der Waals surface area contributed by atoms with Gasteiger partial charge in [-0.3, -0.25) is 4.79 Å². The maximum Gasteiger partial charge on any atom is 0.291 e. The van der Waals surface area contributed by atoms with Crippen LogP contribution >= 0.6 is 46.4 Å². The van der Waals surface area contributed by atoms with Gasteiger partial charge in [0.05, 0.1) is 17.8 Å². The minimum Gasteiger partial charge on any atom is -0.479 e. The highest BCUT2D eigenvalue weighted by Gasteiger charge is 2.28. The molecule has 1 amide bonds. The molecule has 13 heteroatoms. The van der Waals surface area contributed by atoms with E-state index in [0.717, 1.165) is 10.7 Å². The Labute approximate surface area is 185 Å². The summed E-state index contributed by atoms with van der Waals surface area (Å²) in [6, 6.07) is 8.34. The molecule has 2 aromatic carbocycles. The van der Waals surface area contributed by atoms with Crippen LogP contribution in [0.25, 0.3) is 5.69 Å². The van der Waals surface area contributed by atoms with E-state index in [-0.39, 0.29) is 26.5 Å². The number of methoxy groups -OCH3 is 1. The molecule has 0 saturated heterocycles. The van der Waals surface area contributed by atoms with Gasteiger partial charge in [-0.25, -0.2) is 13.1 Å². The quantitative estimate of drug-likeness (QED) is 0.573. The molecule has 0 bridgehead atoms. The summed E-state index contributed by atoms with van der Waals surface area (Å²) in [5.74, 6) is -1.22. The second-order valence-electron chi connectivity index (χ2n) is 5.50. The molecule has 0 aliphatic heterocycles. The van der Waals surface area contributed by atoms with Crippen molar-refractivity contribution in [2.75, 3.05) is 7.11 Å². The average Bonchev–Trinajstić information content (AvgIpc) is 3.06. The second-order valence-corrected chi connectivity index (χ2v) is 8.86. The van der Waals surface area contributed by atoms with Crippen molar-refractivity contribution >= 4 is 62.3 Å². The first-order valence-corrected chi connectivity index (χ1v) is 10.6. The minimum atomic E-state index is -4.35. The lowest BCUT2D eigenvalue weighted by Gasteiger charge is -2.09. The van der Waals surface area contributed by atoms with E-state index in [1.165, 1.54) is 37.4 Å². The first-order chi connectivity index (χ1) is 13.6. The van der Waals surface area contributed by atoms with Crippen LogP contribution in [-0.4, -0.2) is 36.4 Å². The van der Waals surface area contributed by atoms with Crippen LogP contribution in [0.5, 0.6) is 5.88 Å². The fourth-order valence-electron chi connectivity index (χ4n) is 2.34. The highest BCUT2D eigenvalue weighted by molar-refractivity contribution is 7.90. The maximum absolute atomic E-state index is 12.6. The molecule has 1 aromatic heterocycles. The maximum atomic E-state index is 12.6. The van der Waals surface area contributed by atoms with Gasteiger partial charge in [0.1, 0.15) is 4.90 Å². The van der Waals surface area contributed by atoms with Crippen molar-refractivity contribution in [2.24, 2.45) is 0 Å². The van der Waals surface area contributed by atoms with Gasteiger partial charge in [-0.15, -0.1) is 5.10 Å². The van der Waals surface area contributed by atoms with Crippen LogP contribution in [0.2, 0.25) is 20.1 Å². The monoisotopic (exact) mass is 494 g/mol. The van der Waals surface area contributed by atoms with E-state index >= 15 is 0 Å². The zero-order valence-corrected chi connectivity index (χ0v) is 18.2. The number of carbonyl (C=O) groups excluding carboxylic acids is 1. The number of sulfonamides is 1. The zero-order chi connectivity index (χ0) is 21.3. The van der Waals surface area contributed by atoms with E-state index in [1.807, 2.05) is 4.72 Å². The predicted molar refractivity (Wildman–Crippen MR) is 109 cm³/mol. The third kappa shape index (κ3) is 4.59. The fraction of sp³-hybridized carbons (Fsp3) is 0.0625. The minimum absolute atomic E-state index is 0.112. The van der Waals surface area contributed by atoms with Crippen molar-refractivity contribution in [2.45, 2.75) is 4.90 Å². The normalized spacial score (nSPS) is 11.3. The van der Waals surface area contributed by atoms with Crippen LogP contribution in [0.15, 0.2) is 41.3 Å². The van der Waals surface area contributed by atoms with Gasteiger partial charge in [-0.05, 0) is 36.4 Å². The van der Waals surface area contributed by atoms with Gasteiger partial charge in [0, 0.05) is 15.1 Å². The number of hydrogen-bond donors (Lipinski definition) is 1. The molecule has 0 fully saturated rings. The molecule has 8 nitrogen and oxygen atoms in total. The molecule has 152 valence electrons. The predicted octanol–water partition coefficient (Wildman–Crippen LogP) is 4.01. The van der Waals surface area contributed by atoms with Crippen molar-refractivity contribution in [1.82, 2.24) is 19.7 Å². The standard InChI is InChI=1S/C16H10Cl4N4O4S/c1-28-16-14(21-23-24(16)11-5-9(18)4-10(19)6-11)15(25)22-29(26,27)13-7-8(17)2-3-12(13)20/h2-7H,1H3,(H,22,25). The number of halogens is 4. The van der Waals surface area contributed by atoms with E-state index in [4.69, 9.17) is 51.1 Å². The van der Waals surface area contributed by atoms with Crippen LogP contribution in [0.3, 0.4) is 0 Å². The van der Waals surface area contributed by atoms with E-state index in [9.17, 15) is 13.2 Å². The van der Waals surface area contributed by atoms with Crippen molar-refractivity contribution in [3.63, 3.8) is 0 Å². The summed E-state index contributed by atoms with van der Waals surface area (Å²) in [5.41, 5.74) is -0.0306. The van der Waals surface area contributed by atoms with Crippen LogP contribution in [-0.2, 0) is 10.0 Å². The van der Waals surface area contributed by atoms with Gasteiger partial charge in [0.15, 0.2) is 0 Å². The summed E-state index contributed by atoms with van der Waals surface area (Å²) in [7, 11) is -3.08. The Kier molecular flexibility index (Phi) is 6.25. The van der Waals surface area contributed by atoms with Gasteiger partial charge >= 0.3 is 0 Å². The number of nitrogens with one attached hydrogen (secondary N) is 1. The SMILES string of the molecule is COc1c(C(=O)NS(=O)(=O)c2cc(Cl)ccc2Cl)nnn1-c1cc(Cl)cc(Cl)c1. The smallest absolute Gasteiger partial charge is 0.291 e. The van der Waals surface area contributed by atoms with E-state index in [1.54, 1.807) is 0 Å². The van der Waals surface area contributed by atoms with Crippen LogP contribution in [0.4, 0.5) is 0 Å². The molecule has 0 spiro atoms. The molecule has 29 heavy (non-hydrogen) atoms. The summed E-state index contributed by atoms with van der Waals surface area (Å²) in [6.07, 6.45) is 0. The summed E-state index contributed by atoms with van der Waals surface area (Å²) in [5, 5.41) is 8.17. The largest absolute Gasteiger partial charge is 0.479 e. The Bertz CT molecular complexity index is 1190. The molecular formula is C16H10Cl4N4O4S. The van der Waals surface area contributed by atoms with Crippen molar-refractivity contribution in [3.8, 4) is 11.6 Å². The van der Waals surface area contributed by atoms with E-state index in [0.29, 0.717) is 15.7 Å². The Morgan fingerprint density at radius 2 is 1.69 bits per heavy atom. The summed E-state index contributed by atoms with van der Waals surface area (Å²) >= 11 is 23.7. The summed E-state index contributed by atoms with van der Waals surface area (Å²) in [6.45, 7) is 0. The van der Waals surface area contributed by atoms with Gasteiger partial charge in [0.2, 0.25) is 5.69 Å². The summed E-state index contributed by atoms with van der Waals surface area (Å²) in [4.78, 5) is 12.2. The molecule has 3 rings (SSSR count). The third-order valence-corrected chi connectivity index (χ3v) is 6.02. The van der Waals surface area contributed by atoms with Crippen LogP contribution < -0.4 is 9.46 Å². The van der Waals surface area contributed by atoms with Gasteiger partial charge in [-0.2, -0.15) is 4.68 Å². The first-order valence-electron chi connectivity index (χ1n) is 7.60. The Morgan fingerprint density at radius 1 is 1.03 bits per heavy atom. The zero-order valence-electron chi connectivity index (χ0n) is 14.4. The van der Waals surface area contributed by atoms with Gasteiger partial charge in [-0.1, -0.05) is 51.6 Å². The number of hydrogen-bond acceptors (Lipinski definition) is 6. The second kappa shape index (κ2) is 8.37. The average molecular weight is 496 g/mol. The highest BCUT2D eigenvalue weighted by Crippen LogP contribution is 2.27. The number of benzene rings is 2. The Hall–Kier alpha value is -2.04. The molecule has 0 saturated carbocycles. The van der Waals surface area contributed by atoms with Crippen LogP contribution in [0.1, 0.15) is 10.5 Å². The number of carbonyl (C=O) groups is 1. The molecule has 0 aliphatic rings. The molecule has 1 heterocycles. The first kappa shape index (κ1) is 21.7. The molecule has 0 aliphatic carbocycles. The molecule has 0 atom stereocenters. The highest BCUT2D eigenvalue weighted by atomic mass is 35.5. The number of aromatic nitrogens is 3. The molecule has 0 radical (unpaired) electrons. The van der Waals surface area contributed by atoms with Crippen molar-refractivity contribution in [3.05, 3.63) is 62.2 Å².